The number of hydrogen-bond acceptors (Lipinski definition) is 2. The van der Waals surface area contributed by atoms with Crippen molar-refractivity contribution in [1.82, 2.24) is 9.88 Å². The number of nitrogens with zero attached hydrogens (tertiary/aromatic N) is 1. The van der Waals surface area contributed by atoms with E-state index in [0.717, 1.165) is 29.5 Å². The molecule has 0 bridgehead atoms. The number of nitrogens with one attached hydrogen (secondary N) is 1. The second-order valence-electron chi connectivity index (χ2n) is 4.09. The van der Waals surface area contributed by atoms with E-state index < -0.39 is 0 Å². The molecule has 1 aliphatic rings. The maximum atomic E-state index is 11.8. The van der Waals surface area contributed by atoms with Gasteiger partial charge in [-0.2, -0.15) is 0 Å². The fourth-order valence-electron chi connectivity index (χ4n) is 2.03. The standard InChI is InChI=1S/C11H15BrN2O/c1-8-5-9(12)6-14(11(8)15)7-10-3-2-4-13-10/h5-6,10,13H,2-4,7H2,1H3/t10-/m0/s1. The molecule has 1 atom stereocenters. The van der Waals surface area contributed by atoms with Crippen LogP contribution in [0.15, 0.2) is 21.5 Å². The van der Waals surface area contributed by atoms with E-state index in [-0.39, 0.29) is 5.56 Å². The Labute approximate surface area is 97.6 Å². The number of aryl methyl sites for hydroxylation is 1. The van der Waals surface area contributed by atoms with Crippen molar-refractivity contribution in [3.8, 4) is 0 Å². The van der Waals surface area contributed by atoms with Crippen LogP contribution in [0.2, 0.25) is 0 Å². The number of hydrogen-bond donors (Lipinski definition) is 1. The predicted octanol–water partition coefficient (Wildman–Crippen LogP) is 1.67. The fourth-order valence-corrected chi connectivity index (χ4v) is 2.62. The van der Waals surface area contributed by atoms with Gasteiger partial charge in [-0.3, -0.25) is 4.79 Å². The minimum Gasteiger partial charge on any atom is -0.313 e. The zero-order valence-corrected chi connectivity index (χ0v) is 10.4. The summed E-state index contributed by atoms with van der Waals surface area (Å²) in [6.07, 6.45) is 4.25. The van der Waals surface area contributed by atoms with Crippen molar-refractivity contribution in [2.24, 2.45) is 0 Å². The smallest absolute Gasteiger partial charge is 0.253 e. The van der Waals surface area contributed by atoms with E-state index in [1.807, 2.05) is 19.2 Å². The Morgan fingerprint density at radius 3 is 3.13 bits per heavy atom. The van der Waals surface area contributed by atoms with Crippen molar-refractivity contribution < 1.29 is 0 Å². The van der Waals surface area contributed by atoms with Gasteiger partial charge in [-0.1, -0.05) is 0 Å². The SMILES string of the molecule is Cc1cc(Br)cn(C[C@@H]2CCCN2)c1=O. The molecule has 1 fully saturated rings. The van der Waals surface area contributed by atoms with Crippen LogP contribution in [0.4, 0.5) is 0 Å². The first-order valence-electron chi connectivity index (χ1n) is 5.27. The molecule has 82 valence electrons. The third-order valence-electron chi connectivity index (χ3n) is 2.81. The maximum Gasteiger partial charge on any atom is 0.253 e. The van der Waals surface area contributed by atoms with Crippen molar-refractivity contribution in [2.45, 2.75) is 32.4 Å². The summed E-state index contributed by atoms with van der Waals surface area (Å²) in [4.78, 5) is 11.8. The molecule has 0 spiro atoms. The van der Waals surface area contributed by atoms with Crippen LogP contribution < -0.4 is 10.9 Å². The molecule has 2 rings (SSSR count). The first kappa shape index (κ1) is 10.9. The minimum atomic E-state index is 0.118. The summed E-state index contributed by atoms with van der Waals surface area (Å²) in [6.45, 7) is 3.71. The summed E-state index contributed by atoms with van der Waals surface area (Å²) in [5.41, 5.74) is 0.911. The molecule has 1 aromatic rings. The van der Waals surface area contributed by atoms with Crippen LogP contribution in [0.3, 0.4) is 0 Å². The van der Waals surface area contributed by atoms with E-state index >= 15 is 0 Å². The molecule has 0 unspecified atom stereocenters. The lowest BCUT2D eigenvalue weighted by atomic mass is 10.2. The average molecular weight is 271 g/mol. The van der Waals surface area contributed by atoms with Crippen LogP contribution in [-0.2, 0) is 6.54 Å². The molecule has 0 amide bonds. The molecule has 0 aromatic carbocycles. The normalized spacial score (nSPS) is 20.8. The lowest BCUT2D eigenvalue weighted by Crippen LogP contribution is -2.32. The highest BCUT2D eigenvalue weighted by atomic mass is 79.9. The highest BCUT2D eigenvalue weighted by Crippen LogP contribution is 2.11. The highest BCUT2D eigenvalue weighted by Gasteiger charge is 2.15. The third kappa shape index (κ3) is 2.49. The molecular formula is C11H15BrN2O. The number of pyridine rings is 1. The zero-order valence-electron chi connectivity index (χ0n) is 8.79. The molecule has 0 saturated carbocycles. The summed E-state index contributed by atoms with van der Waals surface area (Å²) < 4.78 is 2.76. The Morgan fingerprint density at radius 2 is 2.47 bits per heavy atom. The summed E-state index contributed by atoms with van der Waals surface area (Å²) in [5.74, 6) is 0. The van der Waals surface area contributed by atoms with Gasteiger partial charge in [-0.25, -0.2) is 0 Å². The number of halogens is 1. The van der Waals surface area contributed by atoms with Crippen molar-refractivity contribution in [1.29, 1.82) is 0 Å². The largest absolute Gasteiger partial charge is 0.313 e. The van der Waals surface area contributed by atoms with Crippen LogP contribution >= 0.6 is 15.9 Å². The van der Waals surface area contributed by atoms with Crippen LogP contribution in [-0.4, -0.2) is 17.2 Å². The molecule has 1 aliphatic heterocycles. The van der Waals surface area contributed by atoms with E-state index in [2.05, 4.69) is 21.2 Å². The van der Waals surface area contributed by atoms with Gasteiger partial charge in [0.25, 0.3) is 5.56 Å². The van der Waals surface area contributed by atoms with Crippen molar-refractivity contribution in [3.63, 3.8) is 0 Å². The fraction of sp³-hybridized carbons (Fsp3) is 0.545. The zero-order chi connectivity index (χ0) is 10.8. The molecule has 4 heteroatoms. The van der Waals surface area contributed by atoms with E-state index in [1.165, 1.54) is 6.42 Å². The number of rotatable bonds is 2. The van der Waals surface area contributed by atoms with Crippen molar-refractivity contribution >= 4 is 15.9 Å². The summed E-state index contributed by atoms with van der Waals surface area (Å²) in [6, 6.07) is 2.32. The second-order valence-corrected chi connectivity index (χ2v) is 5.01. The quantitative estimate of drug-likeness (QED) is 0.887. The van der Waals surface area contributed by atoms with Gasteiger partial charge in [0, 0.05) is 28.8 Å². The van der Waals surface area contributed by atoms with Gasteiger partial charge in [-0.05, 0) is 48.3 Å². The highest BCUT2D eigenvalue weighted by molar-refractivity contribution is 9.10. The Morgan fingerprint density at radius 1 is 1.67 bits per heavy atom. The van der Waals surface area contributed by atoms with Gasteiger partial charge >= 0.3 is 0 Å². The van der Waals surface area contributed by atoms with Gasteiger partial charge in [0.05, 0.1) is 0 Å². The summed E-state index contributed by atoms with van der Waals surface area (Å²) >= 11 is 3.42. The van der Waals surface area contributed by atoms with Gasteiger partial charge < -0.3 is 9.88 Å². The Balaban J connectivity index is 2.23. The molecule has 3 nitrogen and oxygen atoms in total. The summed E-state index contributed by atoms with van der Waals surface area (Å²) in [5, 5.41) is 3.40. The van der Waals surface area contributed by atoms with E-state index in [4.69, 9.17) is 0 Å². The molecule has 0 aliphatic carbocycles. The average Bonchev–Trinajstić information content (AvgIpc) is 2.66. The Bertz CT molecular complexity index is 408. The molecule has 15 heavy (non-hydrogen) atoms. The molecule has 0 radical (unpaired) electrons. The molecular weight excluding hydrogens is 256 g/mol. The predicted molar refractivity (Wildman–Crippen MR) is 64.2 cm³/mol. The Hall–Kier alpha value is -0.610. The molecule has 1 N–H and O–H groups in total. The van der Waals surface area contributed by atoms with Crippen LogP contribution in [0.1, 0.15) is 18.4 Å². The van der Waals surface area contributed by atoms with Gasteiger partial charge in [0.15, 0.2) is 0 Å². The van der Waals surface area contributed by atoms with E-state index in [0.29, 0.717) is 6.04 Å². The monoisotopic (exact) mass is 270 g/mol. The molecule has 2 heterocycles. The van der Waals surface area contributed by atoms with E-state index in [9.17, 15) is 4.79 Å². The van der Waals surface area contributed by atoms with Crippen molar-refractivity contribution in [3.05, 3.63) is 32.7 Å². The first-order valence-corrected chi connectivity index (χ1v) is 6.06. The van der Waals surface area contributed by atoms with Gasteiger partial charge in [-0.15, -0.1) is 0 Å². The van der Waals surface area contributed by atoms with Gasteiger partial charge in [0.1, 0.15) is 0 Å². The topological polar surface area (TPSA) is 34.0 Å². The lowest BCUT2D eigenvalue weighted by molar-refractivity contribution is 0.497. The summed E-state index contributed by atoms with van der Waals surface area (Å²) in [7, 11) is 0. The van der Waals surface area contributed by atoms with Crippen LogP contribution in [0.5, 0.6) is 0 Å². The maximum absolute atomic E-state index is 11.8. The first-order chi connectivity index (χ1) is 7.16. The van der Waals surface area contributed by atoms with Crippen LogP contribution in [0, 0.1) is 6.92 Å². The van der Waals surface area contributed by atoms with Crippen molar-refractivity contribution in [2.75, 3.05) is 6.54 Å². The van der Waals surface area contributed by atoms with E-state index in [1.54, 1.807) is 4.57 Å². The molecule has 1 saturated heterocycles. The van der Waals surface area contributed by atoms with Crippen LogP contribution in [0.25, 0.3) is 0 Å². The number of aromatic nitrogens is 1. The molecule has 1 aromatic heterocycles. The second kappa shape index (κ2) is 4.49. The Kier molecular flexibility index (Phi) is 3.26. The minimum absolute atomic E-state index is 0.118. The third-order valence-corrected chi connectivity index (χ3v) is 3.24. The lowest BCUT2D eigenvalue weighted by Gasteiger charge is -2.13. The van der Waals surface area contributed by atoms with Gasteiger partial charge in [0.2, 0.25) is 0 Å².